The Bertz CT molecular complexity index is 1150. The van der Waals surface area contributed by atoms with E-state index < -0.39 is 0 Å². The molecule has 0 fully saturated rings. The molecule has 1 aliphatic heterocycles. The average molecular weight is 391 g/mol. The number of aromatic hydroxyl groups is 1. The summed E-state index contributed by atoms with van der Waals surface area (Å²) in [4.78, 5) is 10.7. The van der Waals surface area contributed by atoms with E-state index in [2.05, 4.69) is 35.1 Å². The number of benzene rings is 2. The Morgan fingerprint density at radius 2 is 2.00 bits per heavy atom. The number of rotatable bonds is 4. The van der Waals surface area contributed by atoms with Crippen LogP contribution in [0, 0.1) is 0 Å². The van der Waals surface area contributed by atoms with Crippen molar-refractivity contribution in [1.29, 1.82) is 0 Å². The summed E-state index contributed by atoms with van der Waals surface area (Å²) < 4.78 is 6.87. The van der Waals surface area contributed by atoms with Crippen molar-refractivity contribution in [2.24, 2.45) is 17.0 Å². The van der Waals surface area contributed by atoms with Gasteiger partial charge in [0.25, 0.3) is 0 Å². The zero-order chi connectivity index (χ0) is 19.7. The van der Waals surface area contributed by atoms with Crippen molar-refractivity contribution in [3.05, 3.63) is 63.3 Å². The van der Waals surface area contributed by atoms with E-state index in [0.29, 0.717) is 4.80 Å². The van der Waals surface area contributed by atoms with Gasteiger partial charge in [0.15, 0.2) is 4.80 Å². The summed E-state index contributed by atoms with van der Waals surface area (Å²) in [6.07, 6.45) is 4.78. The average Bonchev–Trinajstić information content (AvgIpc) is 3.25. The highest BCUT2D eigenvalue weighted by Gasteiger charge is 2.17. The highest BCUT2D eigenvalue weighted by Crippen LogP contribution is 2.37. The van der Waals surface area contributed by atoms with Gasteiger partial charge in [-0.1, -0.05) is 36.5 Å². The molecule has 0 saturated heterocycles. The van der Waals surface area contributed by atoms with E-state index in [0.717, 1.165) is 39.6 Å². The largest absolute Gasteiger partial charge is 0.497 e. The normalized spacial score (nSPS) is 14.7. The number of ether oxygens (including phenoxy) is 1. The first-order chi connectivity index (χ1) is 13.6. The third-order valence-electron chi connectivity index (χ3n) is 4.75. The topological polar surface area (TPSA) is 59.1 Å². The molecule has 0 bridgehead atoms. The molecule has 0 spiro atoms. The van der Waals surface area contributed by atoms with Crippen molar-refractivity contribution in [1.82, 2.24) is 4.57 Å². The maximum absolute atomic E-state index is 10.6. The Morgan fingerprint density at radius 1 is 1.21 bits per heavy atom. The van der Waals surface area contributed by atoms with Crippen molar-refractivity contribution in [2.75, 3.05) is 7.11 Å². The molecule has 28 heavy (non-hydrogen) atoms. The van der Waals surface area contributed by atoms with Crippen LogP contribution in [0.25, 0.3) is 11.6 Å². The summed E-state index contributed by atoms with van der Waals surface area (Å²) in [6, 6.07) is 13.7. The third kappa shape index (κ3) is 3.27. The molecular weight excluding hydrogens is 370 g/mol. The van der Waals surface area contributed by atoms with E-state index >= 15 is 0 Å². The number of methoxy groups -OCH3 is 1. The van der Waals surface area contributed by atoms with Gasteiger partial charge in [-0.3, -0.25) is 9.56 Å². The van der Waals surface area contributed by atoms with Crippen LogP contribution in [0.4, 0.5) is 11.4 Å². The number of allylic oxidation sites excluding steroid dienone is 1. The fourth-order valence-electron chi connectivity index (χ4n) is 3.15. The molecule has 1 aromatic heterocycles. The number of aromatic nitrogens is 1. The van der Waals surface area contributed by atoms with E-state index in [1.165, 1.54) is 16.9 Å². The Balaban J connectivity index is 1.74. The predicted molar refractivity (Wildman–Crippen MR) is 115 cm³/mol. The smallest absolute Gasteiger partial charge is 0.210 e. The molecule has 2 aromatic carbocycles. The lowest BCUT2D eigenvalue weighted by atomic mass is 10.0. The molecule has 5 nitrogen and oxygen atoms in total. The van der Waals surface area contributed by atoms with Crippen LogP contribution in [0.1, 0.15) is 22.9 Å². The van der Waals surface area contributed by atoms with Crippen LogP contribution in [0.5, 0.6) is 11.6 Å². The minimum Gasteiger partial charge on any atom is -0.497 e. The Kier molecular flexibility index (Phi) is 4.88. The molecule has 0 aliphatic carbocycles. The molecule has 0 unspecified atom stereocenters. The summed E-state index contributed by atoms with van der Waals surface area (Å²) in [7, 11) is 3.44. The fourth-order valence-corrected chi connectivity index (χ4v) is 4.13. The van der Waals surface area contributed by atoms with Gasteiger partial charge in [-0.05, 0) is 42.3 Å². The maximum Gasteiger partial charge on any atom is 0.210 e. The van der Waals surface area contributed by atoms with E-state index in [9.17, 15) is 5.11 Å². The highest BCUT2D eigenvalue weighted by molar-refractivity contribution is 7.10. The molecule has 0 saturated carbocycles. The highest BCUT2D eigenvalue weighted by atomic mass is 32.1. The Hall–Kier alpha value is -3.12. The van der Waals surface area contributed by atoms with E-state index in [1.807, 2.05) is 43.6 Å². The van der Waals surface area contributed by atoms with Crippen LogP contribution in [0.3, 0.4) is 0 Å². The van der Waals surface area contributed by atoms with Crippen LogP contribution in [-0.2, 0) is 13.5 Å². The van der Waals surface area contributed by atoms with E-state index in [4.69, 9.17) is 4.74 Å². The molecule has 3 aromatic rings. The van der Waals surface area contributed by atoms with Crippen LogP contribution in [-0.4, -0.2) is 23.0 Å². The van der Waals surface area contributed by atoms with Gasteiger partial charge in [-0.25, -0.2) is 4.99 Å². The molecule has 1 aliphatic rings. The number of fused-ring (bicyclic) bond motifs is 1. The lowest BCUT2D eigenvalue weighted by Gasteiger charge is -2.04. The van der Waals surface area contributed by atoms with Gasteiger partial charge in [0.05, 0.1) is 23.4 Å². The molecule has 2 heterocycles. The first kappa shape index (κ1) is 18.3. The number of para-hydroxylation sites is 1. The monoisotopic (exact) mass is 391 g/mol. The van der Waals surface area contributed by atoms with Gasteiger partial charge >= 0.3 is 0 Å². The molecule has 4 rings (SSSR count). The lowest BCUT2D eigenvalue weighted by molar-refractivity contribution is 0.415. The minimum absolute atomic E-state index is 0.193. The van der Waals surface area contributed by atoms with Gasteiger partial charge in [0, 0.05) is 24.4 Å². The number of hydrogen-bond donors (Lipinski definition) is 1. The first-order valence-electron chi connectivity index (χ1n) is 9.06. The minimum atomic E-state index is 0.193. The molecule has 0 amide bonds. The van der Waals surface area contributed by atoms with E-state index in [-0.39, 0.29) is 5.88 Å². The van der Waals surface area contributed by atoms with Gasteiger partial charge in [0.2, 0.25) is 5.88 Å². The molecule has 0 radical (unpaired) electrons. The van der Waals surface area contributed by atoms with Crippen LogP contribution < -0.4 is 9.54 Å². The van der Waals surface area contributed by atoms with Crippen molar-refractivity contribution in [2.45, 2.75) is 13.3 Å². The lowest BCUT2D eigenvalue weighted by Crippen LogP contribution is -2.08. The zero-order valence-electron chi connectivity index (χ0n) is 16.0. The van der Waals surface area contributed by atoms with Gasteiger partial charge in [0.1, 0.15) is 5.75 Å². The molecular formula is C22H21N3O2S. The third-order valence-corrected chi connectivity index (χ3v) is 5.82. The quantitative estimate of drug-likeness (QED) is 0.691. The summed E-state index contributed by atoms with van der Waals surface area (Å²) in [5.41, 5.74) is 5.16. The first-order valence-corrected chi connectivity index (χ1v) is 9.88. The van der Waals surface area contributed by atoms with Crippen LogP contribution in [0.15, 0.2) is 52.4 Å². The number of aryl methyl sites for hydroxylation is 1. The number of aliphatic imine (C=N–C) groups is 1. The molecule has 142 valence electrons. The van der Waals surface area contributed by atoms with E-state index in [1.54, 1.807) is 11.7 Å². The van der Waals surface area contributed by atoms with Gasteiger partial charge in [-0.15, -0.1) is 0 Å². The predicted octanol–water partition coefficient (Wildman–Crippen LogP) is 4.85. The zero-order valence-corrected chi connectivity index (χ0v) is 16.8. The maximum atomic E-state index is 10.6. The number of thiazole rings is 1. The van der Waals surface area contributed by atoms with Gasteiger partial charge < -0.3 is 9.84 Å². The van der Waals surface area contributed by atoms with Crippen molar-refractivity contribution in [3.8, 4) is 11.6 Å². The molecule has 1 N–H and O–H groups in total. The summed E-state index contributed by atoms with van der Waals surface area (Å²) >= 11 is 1.44. The molecule has 0 atom stereocenters. The second-order valence-electron chi connectivity index (χ2n) is 6.47. The SMILES string of the molecule is CCc1cccc2c1N=C/C2=C/c1sc(=Nc2ccc(OC)cc2)n(C)c1O. The van der Waals surface area contributed by atoms with Crippen LogP contribution in [0.2, 0.25) is 0 Å². The Morgan fingerprint density at radius 3 is 2.71 bits per heavy atom. The second kappa shape index (κ2) is 7.48. The van der Waals surface area contributed by atoms with Crippen molar-refractivity contribution >= 4 is 40.6 Å². The van der Waals surface area contributed by atoms with Crippen molar-refractivity contribution < 1.29 is 9.84 Å². The summed E-state index contributed by atoms with van der Waals surface area (Å²) in [6.45, 7) is 2.13. The van der Waals surface area contributed by atoms with Crippen LogP contribution >= 0.6 is 11.3 Å². The summed E-state index contributed by atoms with van der Waals surface area (Å²) in [5, 5.41) is 10.6. The number of nitrogens with zero attached hydrogens (tertiary/aromatic N) is 3. The molecule has 6 heteroatoms. The fraction of sp³-hybridized carbons (Fsp3) is 0.182. The number of hydrogen-bond acceptors (Lipinski definition) is 5. The Labute approximate surface area is 167 Å². The van der Waals surface area contributed by atoms with Crippen molar-refractivity contribution in [3.63, 3.8) is 0 Å². The standard InChI is InChI=1S/C22H21N3O2S/c1-4-14-6-5-7-18-15(13-23-20(14)18)12-19-21(26)25(2)22(28-19)24-16-8-10-17(27-3)11-9-16/h5-13,26H,4H2,1-3H3/b15-12-,24-22?. The van der Waals surface area contributed by atoms with Gasteiger partial charge in [-0.2, -0.15) is 0 Å². The second-order valence-corrected chi connectivity index (χ2v) is 7.48. The summed E-state index contributed by atoms with van der Waals surface area (Å²) in [5.74, 6) is 0.978.